The zero-order valence-electron chi connectivity index (χ0n) is 14.3. The molecule has 0 saturated carbocycles. The minimum atomic E-state index is 0. The molecule has 0 atom stereocenters. The number of benzene rings is 1. The largest absolute Gasteiger partial charge is 0.491 e. The molecule has 0 spiro atoms. The maximum absolute atomic E-state index is 5.64. The Balaban J connectivity index is 0.00000288. The van der Waals surface area contributed by atoms with Crippen molar-refractivity contribution in [3.8, 4) is 5.75 Å². The van der Waals surface area contributed by atoms with Crippen molar-refractivity contribution in [3.05, 3.63) is 59.9 Å². The molecular formula is C18H25IN4O. The highest BCUT2D eigenvalue weighted by Crippen LogP contribution is 2.13. The summed E-state index contributed by atoms with van der Waals surface area (Å²) in [7, 11) is 1.76. The molecule has 1 aromatic heterocycles. The molecule has 0 aliphatic rings. The third-order valence-electron chi connectivity index (χ3n) is 3.14. The molecule has 0 radical (unpaired) electrons. The van der Waals surface area contributed by atoms with Gasteiger partial charge in [0.25, 0.3) is 0 Å². The number of ether oxygens (including phenoxy) is 1. The third kappa shape index (κ3) is 7.16. The van der Waals surface area contributed by atoms with Crippen molar-refractivity contribution in [1.82, 2.24) is 15.6 Å². The number of nitrogens with one attached hydrogen (secondary N) is 2. The summed E-state index contributed by atoms with van der Waals surface area (Å²) < 4.78 is 5.64. The number of guanidine groups is 1. The first kappa shape index (κ1) is 20.2. The summed E-state index contributed by atoms with van der Waals surface area (Å²) in [4.78, 5) is 8.49. The van der Waals surface area contributed by atoms with Gasteiger partial charge in [0.2, 0.25) is 0 Å². The van der Waals surface area contributed by atoms with Crippen LogP contribution in [0, 0.1) is 0 Å². The fourth-order valence-electron chi connectivity index (χ4n) is 2.04. The van der Waals surface area contributed by atoms with E-state index in [0.717, 1.165) is 17.4 Å². The second kappa shape index (κ2) is 10.9. The maximum atomic E-state index is 5.64. The number of hydrogen-bond acceptors (Lipinski definition) is 3. The first-order chi connectivity index (χ1) is 11.2. The molecule has 2 rings (SSSR count). The van der Waals surface area contributed by atoms with Crippen molar-refractivity contribution in [2.24, 2.45) is 4.99 Å². The van der Waals surface area contributed by atoms with E-state index in [4.69, 9.17) is 4.74 Å². The zero-order chi connectivity index (χ0) is 16.5. The van der Waals surface area contributed by atoms with E-state index in [1.54, 1.807) is 13.2 Å². The molecule has 0 aliphatic heterocycles. The molecular weight excluding hydrogens is 415 g/mol. The average molecular weight is 440 g/mol. The minimum absolute atomic E-state index is 0. The molecule has 0 bridgehead atoms. The van der Waals surface area contributed by atoms with Gasteiger partial charge in [-0.3, -0.25) is 9.98 Å². The standard InChI is InChI=1S/C18H24N4O.HI/c1-14(2)23-17-9-7-15(8-10-17)12-21-18(19-3)22-13-16-6-4-5-11-20-16;/h4-11,14H,12-13H2,1-3H3,(H2,19,21,22);1H. The minimum Gasteiger partial charge on any atom is -0.491 e. The van der Waals surface area contributed by atoms with E-state index < -0.39 is 0 Å². The SMILES string of the molecule is CN=C(NCc1ccc(OC(C)C)cc1)NCc1ccccn1.I. The number of hydrogen-bond donors (Lipinski definition) is 2. The second-order valence-corrected chi connectivity index (χ2v) is 5.41. The number of aliphatic imine (C=N–C) groups is 1. The summed E-state index contributed by atoms with van der Waals surface area (Å²) in [5.41, 5.74) is 2.15. The first-order valence-electron chi connectivity index (χ1n) is 7.77. The molecule has 6 heteroatoms. The summed E-state index contributed by atoms with van der Waals surface area (Å²) >= 11 is 0. The Kier molecular flexibility index (Phi) is 9.14. The molecule has 0 amide bonds. The van der Waals surface area contributed by atoms with Crippen LogP contribution in [0.25, 0.3) is 0 Å². The van der Waals surface area contributed by atoms with Crippen LogP contribution in [-0.4, -0.2) is 24.1 Å². The summed E-state index contributed by atoms with van der Waals surface area (Å²) in [6, 6.07) is 13.9. The maximum Gasteiger partial charge on any atom is 0.191 e. The summed E-state index contributed by atoms with van der Waals surface area (Å²) in [6.45, 7) is 5.38. The number of rotatable bonds is 6. The van der Waals surface area contributed by atoms with Gasteiger partial charge in [0.15, 0.2) is 5.96 Å². The van der Waals surface area contributed by atoms with E-state index in [2.05, 4.69) is 32.7 Å². The molecule has 1 aromatic carbocycles. The van der Waals surface area contributed by atoms with Crippen LogP contribution < -0.4 is 15.4 Å². The molecule has 5 nitrogen and oxygen atoms in total. The van der Waals surface area contributed by atoms with E-state index in [1.165, 1.54) is 5.56 Å². The molecule has 24 heavy (non-hydrogen) atoms. The highest BCUT2D eigenvalue weighted by molar-refractivity contribution is 14.0. The van der Waals surface area contributed by atoms with Gasteiger partial charge in [0, 0.05) is 19.8 Å². The van der Waals surface area contributed by atoms with Crippen molar-refractivity contribution in [3.63, 3.8) is 0 Å². The summed E-state index contributed by atoms with van der Waals surface area (Å²) in [6.07, 6.45) is 1.97. The molecule has 130 valence electrons. The van der Waals surface area contributed by atoms with Crippen molar-refractivity contribution in [2.45, 2.75) is 33.0 Å². The van der Waals surface area contributed by atoms with Gasteiger partial charge in [-0.15, -0.1) is 24.0 Å². The fraction of sp³-hybridized carbons (Fsp3) is 0.333. The molecule has 2 aromatic rings. The monoisotopic (exact) mass is 440 g/mol. The number of nitrogens with zero attached hydrogens (tertiary/aromatic N) is 2. The normalized spacial score (nSPS) is 10.9. The van der Waals surface area contributed by atoms with Crippen molar-refractivity contribution in [1.29, 1.82) is 0 Å². The van der Waals surface area contributed by atoms with Gasteiger partial charge in [-0.05, 0) is 43.7 Å². The Morgan fingerprint density at radius 2 is 1.79 bits per heavy atom. The van der Waals surface area contributed by atoms with E-state index in [9.17, 15) is 0 Å². The van der Waals surface area contributed by atoms with Crippen LogP contribution in [-0.2, 0) is 13.1 Å². The van der Waals surface area contributed by atoms with Gasteiger partial charge in [-0.25, -0.2) is 0 Å². The molecule has 0 saturated heterocycles. The van der Waals surface area contributed by atoms with Crippen molar-refractivity contribution >= 4 is 29.9 Å². The van der Waals surface area contributed by atoms with Gasteiger partial charge in [0.1, 0.15) is 5.75 Å². The highest BCUT2D eigenvalue weighted by atomic mass is 127. The van der Waals surface area contributed by atoms with Crippen LogP contribution in [0.4, 0.5) is 0 Å². The topological polar surface area (TPSA) is 58.5 Å². The van der Waals surface area contributed by atoms with E-state index in [0.29, 0.717) is 13.1 Å². The van der Waals surface area contributed by atoms with Gasteiger partial charge < -0.3 is 15.4 Å². The van der Waals surface area contributed by atoms with Crippen LogP contribution in [0.15, 0.2) is 53.7 Å². The lowest BCUT2D eigenvalue weighted by Crippen LogP contribution is -2.36. The quantitative estimate of drug-likeness (QED) is 0.411. The van der Waals surface area contributed by atoms with Crippen LogP contribution in [0.1, 0.15) is 25.1 Å². The number of halogens is 1. The van der Waals surface area contributed by atoms with Gasteiger partial charge in [-0.2, -0.15) is 0 Å². The van der Waals surface area contributed by atoms with Crippen molar-refractivity contribution < 1.29 is 4.74 Å². The van der Waals surface area contributed by atoms with Gasteiger partial charge >= 0.3 is 0 Å². The predicted molar refractivity (Wildman–Crippen MR) is 109 cm³/mol. The van der Waals surface area contributed by atoms with E-state index in [-0.39, 0.29) is 30.1 Å². The highest BCUT2D eigenvalue weighted by Gasteiger charge is 2.01. The lowest BCUT2D eigenvalue weighted by atomic mass is 10.2. The lowest BCUT2D eigenvalue weighted by molar-refractivity contribution is 0.242. The number of aromatic nitrogens is 1. The van der Waals surface area contributed by atoms with Gasteiger partial charge in [0.05, 0.1) is 18.3 Å². The Labute approximate surface area is 161 Å². The Morgan fingerprint density at radius 3 is 2.38 bits per heavy atom. The predicted octanol–water partition coefficient (Wildman–Crippen LogP) is 3.35. The van der Waals surface area contributed by atoms with Crippen molar-refractivity contribution in [2.75, 3.05) is 7.05 Å². The van der Waals surface area contributed by atoms with E-state index >= 15 is 0 Å². The fourth-order valence-corrected chi connectivity index (χ4v) is 2.04. The average Bonchev–Trinajstić information content (AvgIpc) is 2.57. The lowest BCUT2D eigenvalue weighted by Gasteiger charge is -2.13. The first-order valence-corrected chi connectivity index (χ1v) is 7.77. The molecule has 1 heterocycles. The molecule has 0 aliphatic carbocycles. The molecule has 0 fully saturated rings. The van der Waals surface area contributed by atoms with Gasteiger partial charge in [-0.1, -0.05) is 18.2 Å². The Bertz CT molecular complexity index is 615. The second-order valence-electron chi connectivity index (χ2n) is 5.41. The van der Waals surface area contributed by atoms with Crippen LogP contribution >= 0.6 is 24.0 Å². The van der Waals surface area contributed by atoms with Crippen LogP contribution in [0.5, 0.6) is 5.75 Å². The zero-order valence-corrected chi connectivity index (χ0v) is 16.7. The van der Waals surface area contributed by atoms with E-state index in [1.807, 2.05) is 44.2 Å². The molecule has 2 N–H and O–H groups in total. The summed E-state index contributed by atoms with van der Waals surface area (Å²) in [5, 5.41) is 6.53. The Morgan fingerprint density at radius 1 is 1.08 bits per heavy atom. The Hall–Kier alpha value is -1.83. The van der Waals surface area contributed by atoms with Crippen LogP contribution in [0.3, 0.4) is 0 Å². The third-order valence-corrected chi connectivity index (χ3v) is 3.14. The smallest absolute Gasteiger partial charge is 0.191 e. The summed E-state index contributed by atoms with van der Waals surface area (Å²) in [5.74, 6) is 1.64. The van der Waals surface area contributed by atoms with Crippen LogP contribution in [0.2, 0.25) is 0 Å². The molecule has 0 unspecified atom stereocenters. The number of pyridine rings is 1.